The first kappa shape index (κ1) is 18.1. The number of carbonyl (C=O) groups excluding carboxylic acids is 1. The van der Waals surface area contributed by atoms with Crippen LogP contribution in [-0.4, -0.2) is 28.9 Å². The third-order valence-corrected chi connectivity index (χ3v) is 3.74. The van der Waals surface area contributed by atoms with Gasteiger partial charge in [0.2, 0.25) is 0 Å². The second-order valence-corrected chi connectivity index (χ2v) is 6.13. The lowest BCUT2D eigenvalue weighted by Crippen LogP contribution is -2.51. The van der Waals surface area contributed by atoms with Gasteiger partial charge in [0.05, 0.1) is 18.8 Å². The minimum absolute atomic E-state index is 0.0391. The van der Waals surface area contributed by atoms with Gasteiger partial charge in [-0.2, -0.15) is 0 Å². The number of benzene rings is 1. The molecule has 1 aromatic carbocycles. The monoisotopic (exact) mass is 350 g/mol. The van der Waals surface area contributed by atoms with Gasteiger partial charge in [-0.05, 0) is 50.7 Å². The Balaban J connectivity index is 2.39. The molecule has 2 unspecified atom stereocenters. The Kier molecular flexibility index (Phi) is 5.66. The summed E-state index contributed by atoms with van der Waals surface area (Å²) in [5.74, 6) is -0.660. The Hall–Kier alpha value is -2.28. The number of carbonyl (C=O) groups is 1. The maximum absolute atomic E-state index is 12.5. The van der Waals surface area contributed by atoms with E-state index in [4.69, 9.17) is 21.7 Å². The molecule has 6 nitrogen and oxygen atoms in total. The van der Waals surface area contributed by atoms with E-state index in [0.717, 1.165) is 5.56 Å². The average Bonchev–Trinajstić information content (AvgIpc) is 2.48. The van der Waals surface area contributed by atoms with Gasteiger partial charge >= 0.3 is 5.97 Å². The normalized spacial score (nSPS) is 20.3. The van der Waals surface area contributed by atoms with E-state index < -0.39 is 17.9 Å². The van der Waals surface area contributed by atoms with Gasteiger partial charge in [0.25, 0.3) is 0 Å². The highest BCUT2D eigenvalue weighted by atomic mass is 32.1. The van der Waals surface area contributed by atoms with Crippen molar-refractivity contribution < 1.29 is 19.4 Å². The van der Waals surface area contributed by atoms with Crippen molar-refractivity contribution in [3.8, 4) is 11.5 Å². The predicted molar refractivity (Wildman–Crippen MR) is 94.7 cm³/mol. The van der Waals surface area contributed by atoms with Gasteiger partial charge < -0.3 is 25.2 Å². The third-order valence-electron chi connectivity index (χ3n) is 3.52. The fourth-order valence-corrected chi connectivity index (χ4v) is 2.80. The predicted octanol–water partition coefficient (Wildman–Crippen LogP) is 2.39. The highest BCUT2D eigenvalue weighted by molar-refractivity contribution is 7.80. The van der Waals surface area contributed by atoms with Gasteiger partial charge in [0, 0.05) is 5.70 Å². The zero-order valence-electron chi connectivity index (χ0n) is 14.0. The van der Waals surface area contributed by atoms with Crippen molar-refractivity contribution in [2.75, 3.05) is 6.61 Å². The number of nitrogens with one attached hydrogen (secondary N) is 2. The molecule has 1 fully saturated rings. The molecular formula is C17H22N2O4S. The second kappa shape index (κ2) is 7.53. The molecule has 1 saturated heterocycles. The zero-order valence-corrected chi connectivity index (χ0v) is 14.8. The van der Waals surface area contributed by atoms with E-state index in [1.54, 1.807) is 26.0 Å². The van der Waals surface area contributed by atoms with Gasteiger partial charge in [0.1, 0.15) is 5.92 Å². The van der Waals surface area contributed by atoms with Crippen molar-refractivity contribution in [3.63, 3.8) is 0 Å². The molecule has 0 radical (unpaired) electrons. The van der Waals surface area contributed by atoms with Crippen LogP contribution in [0.15, 0.2) is 30.5 Å². The van der Waals surface area contributed by atoms with Crippen molar-refractivity contribution in [2.24, 2.45) is 5.92 Å². The van der Waals surface area contributed by atoms with Crippen LogP contribution in [0.25, 0.3) is 0 Å². The van der Waals surface area contributed by atoms with Crippen LogP contribution in [0.5, 0.6) is 11.5 Å². The summed E-state index contributed by atoms with van der Waals surface area (Å²) in [6.45, 7) is 9.73. The summed E-state index contributed by atoms with van der Waals surface area (Å²) in [4.78, 5) is 12.5. The Morgan fingerprint density at radius 1 is 1.46 bits per heavy atom. The van der Waals surface area contributed by atoms with Gasteiger partial charge in [-0.3, -0.25) is 4.79 Å². The molecule has 130 valence electrons. The lowest BCUT2D eigenvalue weighted by molar-refractivity contribution is -0.152. The summed E-state index contributed by atoms with van der Waals surface area (Å²) < 4.78 is 10.8. The number of phenols is 1. The van der Waals surface area contributed by atoms with E-state index in [1.807, 2.05) is 6.92 Å². The first-order valence-electron chi connectivity index (χ1n) is 7.76. The Bertz CT molecular complexity index is 660. The zero-order chi connectivity index (χ0) is 17.9. The summed E-state index contributed by atoms with van der Waals surface area (Å²) in [5.41, 5.74) is 1.22. The number of hydrogen-bond acceptors (Lipinski definition) is 5. The molecule has 1 aromatic rings. The maximum atomic E-state index is 12.5. The fourth-order valence-electron chi connectivity index (χ4n) is 2.54. The molecule has 7 heteroatoms. The Labute approximate surface area is 146 Å². The lowest BCUT2D eigenvalue weighted by Gasteiger charge is -2.35. The second-order valence-electron chi connectivity index (χ2n) is 5.72. The summed E-state index contributed by atoms with van der Waals surface area (Å²) in [6, 6.07) is 4.47. The number of hydrogen-bond donors (Lipinski definition) is 3. The molecule has 1 heterocycles. The summed E-state index contributed by atoms with van der Waals surface area (Å²) in [5, 5.41) is 16.2. The first-order valence-corrected chi connectivity index (χ1v) is 8.16. The van der Waals surface area contributed by atoms with Crippen molar-refractivity contribution in [3.05, 3.63) is 36.0 Å². The van der Waals surface area contributed by atoms with Crippen LogP contribution in [0.4, 0.5) is 0 Å². The Morgan fingerprint density at radius 3 is 2.79 bits per heavy atom. The molecule has 0 bridgehead atoms. The molecule has 1 aliphatic rings. The summed E-state index contributed by atoms with van der Waals surface area (Å²) in [6.07, 6.45) is -0.237. The smallest absolute Gasteiger partial charge is 0.317 e. The van der Waals surface area contributed by atoms with Crippen molar-refractivity contribution in [1.29, 1.82) is 0 Å². The van der Waals surface area contributed by atoms with E-state index in [0.29, 0.717) is 23.2 Å². The van der Waals surface area contributed by atoms with Crippen LogP contribution in [0.2, 0.25) is 0 Å². The van der Waals surface area contributed by atoms with E-state index in [9.17, 15) is 9.90 Å². The maximum Gasteiger partial charge on any atom is 0.317 e. The first-order chi connectivity index (χ1) is 11.3. The van der Waals surface area contributed by atoms with Crippen LogP contribution in [0.1, 0.15) is 32.4 Å². The van der Waals surface area contributed by atoms with Crippen LogP contribution in [0, 0.1) is 5.92 Å². The van der Waals surface area contributed by atoms with E-state index >= 15 is 0 Å². The number of rotatable bonds is 5. The molecule has 1 aliphatic heterocycles. The summed E-state index contributed by atoms with van der Waals surface area (Å²) in [7, 11) is 0. The molecular weight excluding hydrogens is 328 g/mol. The number of aromatic hydroxyl groups is 1. The van der Waals surface area contributed by atoms with Crippen molar-refractivity contribution in [1.82, 2.24) is 10.6 Å². The van der Waals surface area contributed by atoms with Gasteiger partial charge in [0.15, 0.2) is 16.6 Å². The van der Waals surface area contributed by atoms with E-state index in [1.165, 1.54) is 6.07 Å². The largest absolute Gasteiger partial charge is 0.504 e. The van der Waals surface area contributed by atoms with Gasteiger partial charge in [-0.1, -0.05) is 12.6 Å². The minimum atomic E-state index is -0.655. The van der Waals surface area contributed by atoms with Crippen LogP contribution < -0.4 is 15.4 Å². The molecule has 0 saturated carbocycles. The standard InChI is InChI=1S/C17H22N2O4S/c1-5-22-13-8-11(6-7-12(13)20)15-14(16(21)23-9(2)3)10(4)18-17(24)19-15/h6-9,14-15,20H,4-5H2,1-3H3,(H2,18,19,24). The van der Waals surface area contributed by atoms with Crippen LogP contribution >= 0.6 is 12.2 Å². The number of phenolic OH excluding ortho intramolecular Hbond substituents is 1. The van der Waals surface area contributed by atoms with E-state index in [-0.39, 0.29) is 11.9 Å². The number of thiocarbonyl (C=S) groups is 1. The molecule has 0 spiro atoms. The Morgan fingerprint density at radius 2 is 2.17 bits per heavy atom. The summed E-state index contributed by atoms with van der Waals surface area (Å²) >= 11 is 5.18. The SMILES string of the molecule is C=C1NC(=S)NC(c2ccc(O)c(OCC)c2)C1C(=O)OC(C)C. The lowest BCUT2D eigenvalue weighted by atomic mass is 9.89. The molecule has 0 amide bonds. The van der Waals surface area contributed by atoms with Crippen molar-refractivity contribution in [2.45, 2.75) is 32.9 Å². The fraction of sp³-hybridized carbons (Fsp3) is 0.412. The quantitative estimate of drug-likeness (QED) is 0.556. The average molecular weight is 350 g/mol. The van der Waals surface area contributed by atoms with E-state index in [2.05, 4.69) is 17.2 Å². The molecule has 2 rings (SSSR count). The topological polar surface area (TPSA) is 79.8 Å². The number of ether oxygens (including phenoxy) is 2. The van der Waals surface area contributed by atoms with Gasteiger partial charge in [-0.15, -0.1) is 0 Å². The molecule has 0 aromatic heterocycles. The molecule has 2 atom stereocenters. The van der Waals surface area contributed by atoms with Crippen LogP contribution in [-0.2, 0) is 9.53 Å². The molecule has 3 N–H and O–H groups in total. The van der Waals surface area contributed by atoms with Crippen LogP contribution in [0.3, 0.4) is 0 Å². The minimum Gasteiger partial charge on any atom is -0.504 e. The number of esters is 1. The highest BCUT2D eigenvalue weighted by Gasteiger charge is 2.38. The molecule has 24 heavy (non-hydrogen) atoms. The van der Waals surface area contributed by atoms with Crippen molar-refractivity contribution >= 4 is 23.3 Å². The molecule has 0 aliphatic carbocycles. The highest BCUT2D eigenvalue weighted by Crippen LogP contribution is 2.35. The third kappa shape index (κ3) is 3.97. The van der Waals surface area contributed by atoms with Gasteiger partial charge in [-0.25, -0.2) is 0 Å².